The van der Waals surface area contributed by atoms with Crippen molar-refractivity contribution in [2.75, 3.05) is 13.2 Å². The molecule has 0 aliphatic rings. The molecule has 8 nitrogen and oxygen atoms in total. The summed E-state index contributed by atoms with van der Waals surface area (Å²) in [6.45, 7) is 10.9. The lowest BCUT2D eigenvalue weighted by Gasteiger charge is -2.34. The van der Waals surface area contributed by atoms with Crippen LogP contribution in [0, 0.1) is 13.8 Å². The minimum Gasteiger partial charge on any atom is -0.444 e. The number of alkyl carbamates (subject to hydrolysis) is 1. The Morgan fingerprint density at radius 3 is 2.19 bits per heavy atom. The van der Waals surface area contributed by atoms with Crippen LogP contribution < -0.4 is 10.6 Å². The summed E-state index contributed by atoms with van der Waals surface area (Å²) in [5.74, 6) is -0.895. The maximum atomic E-state index is 13.8. The van der Waals surface area contributed by atoms with Crippen LogP contribution >= 0.6 is 0 Å². The molecule has 2 atom stereocenters. The molecule has 2 unspecified atom stereocenters. The SMILES string of the molecule is CCCCN(C(=O)C(CO)NC(=O)OC(C)(C)C)C(C(=O)NCc1ccccc1)c1cc(C)cc(C)c1. The number of benzene rings is 2. The van der Waals surface area contributed by atoms with E-state index in [0.717, 1.165) is 23.1 Å². The van der Waals surface area contributed by atoms with E-state index in [2.05, 4.69) is 10.6 Å². The second-order valence-electron chi connectivity index (χ2n) is 10.3. The van der Waals surface area contributed by atoms with Crippen LogP contribution in [0.2, 0.25) is 0 Å². The second kappa shape index (κ2) is 13.8. The van der Waals surface area contributed by atoms with Gasteiger partial charge in [0.15, 0.2) is 0 Å². The molecule has 37 heavy (non-hydrogen) atoms. The van der Waals surface area contributed by atoms with Gasteiger partial charge in [-0.25, -0.2) is 4.79 Å². The average Bonchev–Trinajstić information content (AvgIpc) is 2.82. The summed E-state index contributed by atoms with van der Waals surface area (Å²) in [4.78, 5) is 41.3. The van der Waals surface area contributed by atoms with Crippen molar-refractivity contribution in [3.8, 4) is 0 Å². The lowest BCUT2D eigenvalue weighted by molar-refractivity contribution is -0.143. The standard InChI is InChI=1S/C29H41N3O5/c1-7-8-14-32(27(35)24(19-33)31-28(36)37-29(4,5)6)25(23-16-20(2)15-21(3)17-23)26(34)30-18-22-12-10-9-11-13-22/h9-13,15-17,24-25,33H,7-8,14,18-19H2,1-6H3,(H,30,34)(H,31,36). The number of aliphatic hydroxyl groups excluding tert-OH is 1. The van der Waals surface area contributed by atoms with Gasteiger partial charge in [0.05, 0.1) is 6.61 Å². The van der Waals surface area contributed by atoms with Gasteiger partial charge in [-0.15, -0.1) is 0 Å². The van der Waals surface area contributed by atoms with E-state index in [1.54, 1.807) is 20.8 Å². The van der Waals surface area contributed by atoms with Gasteiger partial charge < -0.3 is 25.4 Å². The first-order valence-electron chi connectivity index (χ1n) is 12.8. The fourth-order valence-corrected chi connectivity index (χ4v) is 4.05. The second-order valence-corrected chi connectivity index (χ2v) is 10.3. The molecule has 0 heterocycles. The van der Waals surface area contributed by atoms with E-state index >= 15 is 0 Å². The van der Waals surface area contributed by atoms with E-state index < -0.39 is 36.3 Å². The molecule has 0 radical (unpaired) electrons. The number of nitrogens with zero attached hydrogens (tertiary/aromatic N) is 1. The molecule has 0 fully saturated rings. The maximum absolute atomic E-state index is 13.8. The van der Waals surface area contributed by atoms with Crippen molar-refractivity contribution in [3.05, 3.63) is 70.8 Å². The monoisotopic (exact) mass is 511 g/mol. The third-order valence-corrected chi connectivity index (χ3v) is 5.64. The molecule has 0 saturated carbocycles. The molecule has 0 saturated heterocycles. The quantitative estimate of drug-likeness (QED) is 0.420. The van der Waals surface area contributed by atoms with Crippen LogP contribution in [0.5, 0.6) is 0 Å². The molecule has 3 N–H and O–H groups in total. The lowest BCUT2D eigenvalue weighted by Crippen LogP contribution is -2.54. The molecule has 0 aromatic heterocycles. The maximum Gasteiger partial charge on any atom is 0.408 e. The molecule has 2 rings (SSSR count). The van der Waals surface area contributed by atoms with Gasteiger partial charge in [-0.3, -0.25) is 9.59 Å². The first-order valence-corrected chi connectivity index (χ1v) is 12.8. The predicted molar refractivity (Wildman–Crippen MR) is 144 cm³/mol. The molecular weight excluding hydrogens is 470 g/mol. The number of hydrogen-bond donors (Lipinski definition) is 3. The molecule has 0 bridgehead atoms. The van der Waals surface area contributed by atoms with Crippen LogP contribution in [-0.4, -0.2) is 52.7 Å². The summed E-state index contributed by atoms with van der Waals surface area (Å²) in [5.41, 5.74) is 2.75. The highest BCUT2D eigenvalue weighted by molar-refractivity contribution is 5.92. The van der Waals surface area contributed by atoms with Crippen molar-refractivity contribution in [3.63, 3.8) is 0 Å². The highest BCUT2D eigenvalue weighted by Crippen LogP contribution is 2.26. The van der Waals surface area contributed by atoms with Crippen molar-refractivity contribution in [2.24, 2.45) is 0 Å². The van der Waals surface area contributed by atoms with Crippen molar-refractivity contribution in [1.82, 2.24) is 15.5 Å². The highest BCUT2D eigenvalue weighted by Gasteiger charge is 2.36. The summed E-state index contributed by atoms with van der Waals surface area (Å²) < 4.78 is 5.28. The van der Waals surface area contributed by atoms with Gasteiger partial charge in [0.2, 0.25) is 11.8 Å². The largest absolute Gasteiger partial charge is 0.444 e. The zero-order valence-electron chi connectivity index (χ0n) is 22.8. The Labute approximate surface area is 220 Å². The minimum atomic E-state index is -1.26. The minimum absolute atomic E-state index is 0.276. The highest BCUT2D eigenvalue weighted by atomic mass is 16.6. The summed E-state index contributed by atoms with van der Waals surface area (Å²) in [6.07, 6.45) is 0.619. The topological polar surface area (TPSA) is 108 Å². The van der Waals surface area contributed by atoms with Gasteiger partial charge in [0.25, 0.3) is 0 Å². The van der Waals surface area contributed by atoms with Gasteiger partial charge in [0.1, 0.15) is 17.7 Å². The van der Waals surface area contributed by atoms with Crippen molar-refractivity contribution >= 4 is 17.9 Å². The molecule has 2 aromatic carbocycles. The summed E-state index contributed by atoms with van der Waals surface area (Å²) >= 11 is 0. The smallest absolute Gasteiger partial charge is 0.408 e. The number of carbonyl (C=O) groups excluding carboxylic acids is 3. The van der Waals surface area contributed by atoms with Crippen LogP contribution in [0.4, 0.5) is 4.79 Å². The summed E-state index contributed by atoms with van der Waals surface area (Å²) in [6, 6.07) is 13.1. The molecule has 0 spiro atoms. The number of ether oxygens (including phenoxy) is 1. The Hall–Kier alpha value is -3.39. The number of nitrogens with one attached hydrogen (secondary N) is 2. The van der Waals surface area contributed by atoms with E-state index in [4.69, 9.17) is 4.74 Å². The lowest BCUT2D eigenvalue weighted by atomic mass is 9.98. The molecule has 202 valence electrons. The molecule has 8 heteroatoms. The Morgan fingerprint density at radius 1 is 1.03 bits per heavy atom. The third-order valence-electron chi connectivity index (χ3n) is 5.64. The number of unbranched alkanes of at least 4 members (excludes halogenated alkanes) is 1. The van der Waals surface area contributed by atoms with Gasteiger partial charge in [-0.1, -0.05) is 73.0 Å². The number of carbonyl (C=O) groups is 3. The van der Waals surface area contributed by atoms with E-state index in [1.807, 2.05) is 69.3 Å². The molecule has 0 aliphatic carbocycles. The number of aliphatic hydroxyl groups is 1. The van der Waals surface area contributed by atoms with Crippen molar-refractivity contribution in [2.45, 2.75) is 78.6 Å². The van der Waals surface area contributed by atoms with Crippen LogP contribution in [0.3, 0.4) is 0 Å². The number of amides is 3. The molecular formula is C29H41N3O5. The van der Waals surface area contributed by atoms with Crippen LogP contribution in [0.15, 0.2) is 48.5 Å². The summed E-state index contributed by atoms with van der Waals surface area (Å²) in [5, 5.41) is 15.5. The predicted octanol–water partition coefficient (Wildman–Crippen LogP) is 4.18. The number of aryl methyl sites for hydroxylation is 2. The molecule has 0 aliphatic heterocycles. The third kappa shape index (κ3) is 9.53. The fraction of sp³-hybridized carbons (Fsp3) is 0.483. The van der Waals surface area contributed by atoms with E-state index in [0.29, 0.717) is 18.5 Å². The molecule has 3 amide bonds. The van der Waals surface area contributed by atoms with E-state index in [-0.39, 0.29) is 12.5 Å². The first-order chi connectivity index (χ1) is 17.4. The first kappa shape index (κ1) is 29.8. The fourth-order valence-electron chi connectivity index (χ4n) is 4.05. The zero-order chi connectivity index (χ0) is 27.6. The van der Waals surface area contributed by atoms with E-state index in [9.17, 15) is 19.5 Å². The summed E-state index contributed by atoms with van der Waals surface area (Å²) in [7, 11) is 0. The van der Waals surface area contributed by atoms with Crippen LogP contribution in [-0.2, 0) is 20.9 Å². The van der Waals surface area contributed by atoms with Gasteiger partial charge in [-0.2, -0.15) is 0 Å². The van der Waals surface area contributed by atoms with Crippen molar-refractivity contribution in [1.29, 1.82) is 0 Å². The van der Waals surface area contributed by atoms with Gasteiger partial charge in [-0.05, 0) is 52.2 Å². The van der Waals surface area contributed by atoms with E-state index in [1.165, 1.54) is 4.90 Å². The number of rotatable bonds is 11. The normalized spacial score (nSPS) is 12.8. The zero-order valence-corrected chi connectivity index (χ0v) is 22.8. The van der Waals surface area contributed by atoms with Crippen LogP contribution in [0.25, 0.3) is 0 Å². The average molecular weight is 512 g/mol. The Balaban J connectivity index is 2.43. The Kier molecular flexibility index (Phi) is 11.1. The van der Waals surface area contributed by atoms with Crippen molar-refractivity contribution < 1.29 is 24.2 Å². The van der Waals surface area contributed by atoms with Gasteiger partial charge >= 0.3 is 6.09 Å². The van der Waals surface area contributed by atoms with Crippen LogP contribution in [0.1, 0.15) is 68.8 Å². The Morgan fingerprint density at radius 2 is 1.65 bits per heavy atom. The molecule has 2 aromatic rings. The van der Waals surface area contributed by atoms with Gasteiger partial charge in [0, 0.05) is 13.1 Å². The number of hydrogen-bond acceptors (Lipinski definition) is 5. The Bertz CT molecular complexity index is 1030.